The maximum atomic E-state index is 9.46. The molecule has 2 atom stereocenters. The Morgan fingerprint density at radius 1 is 1.53 bits per heavy atom. The Morgan fingerprint density at radius 3 is 3.00 bits per heavy atom. The van der Waals surface area contributed by atoms with Gasteiger partial charge in [-0.2, -0.15) is 0 Å². The van der Waals surface area contributed by atoms with E-state index in [0.29, 0.717) is 12.0 Å². The van der Waals surface area contributed by atoms with E-state index in [4.69, 9.17) is 0 Å². The highest BCUT2D eigenvalue weighted by Crippen LogP contribution is 2.24. The maximum absolute atomic E-state index is 9.46. The molecule has 1 saturated carbocycles. The van der Waals surface area contributed by atoms with Gasteiger partial charge in [0.2, 0.25) is 0 Å². The molecular weight excluding hydrogens is 214 g/mol. The van der Waals surface area contributed by atoms with Crippen molar-refractivity contribution in [2.45, 2.75) is 51.8 Å². The molecule has 0 aliphatic heterocycles. The third-order valence-corrected chi connectivity index (χ3v) is 3.56. The molecule has 4 heteroatoms. The Balaban J connectivity index is 1.76. The monoisotopic (exact) mass is 237 g/mol. The zero-order chi connectivity index (χ0) is 12.3. The normalized spacial score (nSPS) is 24.7. The molecule has 0 aromatic carbocycles. The second kappa shape index (κ2) is 5.65. The minimum atomic E-state index is -0.0667. The largest absolute Gasteiger partial charge is 0.393 e. The highest BCUT2D eigenvalue weighted by atomic mass is 16.3. The fourth-order valence-corrected chi connectivity index (χ4v) is 2.57. The number of hydrogen-bond donors (Lipinski definition) is 2. The van der Waals surface area contributed by atoms with Crippen molar-refractivity contribution >= 4 is 0 Å². The smallest absolute Gasteiger partial charge is 0.0951 e. The predicted molar refractivity (Wildman–Crippen MR) is 67.7 cm³/mol. The van der Waals surface area contributed by atoms with Gasteiger partial charge < -0.3 is 15.0 Å². The van der Waals surface area contributed by atoms with Crippen LogP contribution < -0.4 is 5.32 Å². The van der Waals surface area contributed by atoms with Gasteiger partial charge in [0.1, 0.15) is 0 Å². The summed E-state index contributed by atoms with van der Waals surface area (Å²) in [5.41, 5.74) is 1.23. The highest BCUT2D eigenvalue weighted by Gasteiger charge is 2.22. The number of nitrogens with zero attached hydrogens (tertiary/aromatic N) is 2. The van der Waals surface area contributed by atoms with Crippen LogP contribution in [0.25, 0.3) is 0 Å². The molecule has 96 valence electrons. The molecule has 2 N–H and O–H groups in total. The SMILES string of the molecule is CC(C)n1cncc1CNCC1CCC(O)C1. The lowest BCUT2D eigenvalue weighted by Crippen LogP contribution is -2.23. The van der Waals surface area contributed by atoms with Crippen molar-refractivity contribution in [3.8, 4) is 0 Å². The molecule has 0 amide bonds. The van der Waals surface area contributed by atoms with E-state index in [1.807, 2.05) is 12.5 Å². The van der Waals surface area contributed by atoms with Crippen LogP contribution in [0.3, 0.4) is 0 Å². The molecule has 2 rings (SSSR count). The van der Waals surface area contributed by atoms with Gasteiger partial charge in [0.25, 0.3) is 0 Å². The fraction of sp³-hybridized carbons (Fsp3) is 0.769. The second-order valence-corrected chi connectivity index (χ2v) is 5.35. The van der Waals surface area contributed by atoms with Gasteiger partial charge in [0.05, 0.1) is 18.1 Å². The van der Waals surface area contributed by atoms with Gasteiger partial charge in [-0.1, -0.05) is 0 Å². The van der Waals surface area contributed by atoms with E-state index in [2.05, 4.69) is 28.7 Å². The topological polar surface area (TPSA) is 50.1 Å². The first-order valence-corrected chi connectivity index (χ1v) is 6.56. The molecule has 1 heterocycles. The molecule has 4 nitrogen and oxygen atoms in total. The number of aromatic nitrogens is 2. The van der Waals surface area contributed by atoms with Crippen LogP contribution in [0.1, 0.15) is 44.8 Å². The molecule has 0 bridgehead atoms. The molecule has 0 radical (unpaired) electrons. The highest BCUT2D eigenvalue weighted by molar-refractivity contribution is 4.99. The predicted octanol–water partition coefficient (Wildman–Crippen LogP) is 1.71. The summed E-state index contributed by atoms with van der Waals surface area (Å²) >= 11 is 0. The maximum Gasteiger partial charge on any atom is 0.0951 e. The zero-order valence-electron chi connectivity index (χ0n) is 10.8. The number of aliphatic hydroxyl groups excluding tert-OH is 1. The molecule has 0 saturated heterocycles. The minimum absolute atomic E-state index is 0.0667. The Bertz CT molecular complexity index is 348. The van der Waals surface area contributed by atoms with Gasteiger partial charge in [-0.3, -0.25) is 0 Å². The van der Waals surface area contributed by atoms with Crippen molar-refractivity contribution in [1.29, 1.82) is 0 Å². The summed E-state index contributed by atoms with van der Waals surface area (Å²) in [6.07, 6.45) is 6.82. The lowest BCUT2D eigenvalue weighted by molar-refractivity contribution is 0.177. The molecule has 1 aromatic rings. The molecule has 1 aliphatic rings. The van der Waals surface area contributed by atoms with E-state index >= 15 is 0 Å². The fourth-order valence-electron chi connectivity index (χ4n) is 2.57. The summed E-state index contributed by atoms with van der Waals surface area (Å²) in [5.74, 6) is 0.639. The van der Waals surface area contributed by atoms with E-state index in [1.54, 1.807) is 0 Å². The molecule has 0 spiro atoms. The van der Waals surface area contributed by atoms with Crippen LogP contribution in [0.15, 0.2) is 12.5 Å². The summed E-state index contributed by atoms with van der Waals surface area (Å²) < 4.78 is 2.19. The number of hydrogen-bond acceptors (Lipinski definition) is 3. The molecule has 2 unspecified atom stereocenters. The third-order valence-electron chi connectivity index (χ3n) is 3.56. The van der Waals surface area contributed by atoms with Crippen LogP contribution in [-0.2, 0) is 6.54 Å². The van der Waals surface area contributed by atoms with E-state index in [-0.39, 0.29) is 6.10 Å². The van der Waals surface area contributed by atoms with Gasteiger partial charge in [-0.15, -0.1) is 0 Å². The molecule has 1 aromatic heterocycles. The molecule has 1 aliphatic carbocycles. The quantitative estimate of drug-likeness (QED) is 0.819. The van der Waals surface area contributed by atoms with Crippen LogP contribution in [0.4, 0.5) is 0 Å². The summed E-state index contributed by atoms with van der Waals surface area (Å²) in [6.45, 7) is 6.20. The molecule has 1 fully saturated rings. The minimum Gasteiger partial charge on any atom is -0.393 e. The third kappa shape index (κ3) is 3.30. The van der Waals surface area contributed by atoms with Crippen LogP contribution in [0.5, 0.6) is 0 Å². The zero-order valence-corrected chi connectivity index (χ0v) is 10.8. The van der Waals surface area contributed by atoms with Gasteiger partial charge in [0, 0.05) is 18.8 Å². The van der Waals surface area contributed by atoms with Crippen molar-refractivity contribution in [3.05, 3.63) is 18.2 Å². The van der Waals surface area contributed by atoms with Crippen LogP contribution >= 0.6 is 0 Å². The van der Waals surface area contributed by atoms with E-state index in [1.165, 1.54) is 5.69 Å². The summed E-state index contributed by atoms with van der Waals surface area (Å²) in [5, 5.41) is 12.9. The Hall–Kier alpha value is -0.870. The van der Waals surface area contributed by atoms with E-state index in [0.717, 1.165) is 32.4 Å². The second-order valence-electron chi connectivity index (χ2n) is 5.35. The lowest BCUT2D eigenvalue weighted by atomic mass is 10.1. The van der Waals surface area contributed by atoms with Crippen LogP contribution in [-0.4, -0.2) is 27.3 Å². The van der Waals surface area contributed by atoms with Gasteiger partial charge in [-0.05, 0) is 45.6 Å². The average molecular weight is 237 g/mol. The standard InChI is InChI=1S/C13H23N3O/c1-10(2)16-9-15-8-12(16)7-14-6-11-3-4-13(17)5-11/h8-11,13-14,17H,3-7H2,1-2H3. The summed E-state index contributed by atoms with van der Waals surface area (Å²) in [6, 6.07) is 0.461. The molecule has 17 heavy (non-hydrogen) atoms. The van der Waals surface area contributed by atoms with Crippen molar-refractivity contribution in [1.82, 2.24) is 14.9 Å². The molecular formula is C13H23N3O. The van der Waals surface area contributed by atoms with Gasteiger partial charge >= 0.3 is 0 Å². The number of nitrogens with one attached hydrogen (secondary N) is 1. The van der Waals surface area contributed by atoms with Gasteiger partial charge in [0.15, 0.2) is 0 Å². The summed E-state index contributed by atoms with van der Waals surface area (Å²) in [7, 11) is 0. The Labute approximate surface area is 103 Å². The number of rotatable bonds is 5. The Morgan fingerprint density at radius 2 is 2.35 bits per heavy atom. The van der Waals surface area contributed by atoms with Crippen molar-refractivity contribution in [3.63, 3.8) is 0 Å². The Kier molecular flexibility index (Phi) is 4.18. The summed E-state index contributed by atoms with van der Waals surface area (Å²) in [4.78, 5) is 4.19. The first-order valence-electron chi connectivity index (χ1n) is 6.56. The van der Waals surface area contributed by atoms with Crippen LogP contribution in [0.2, 0.25) is 0 Å². The van der Waals surface area contributed by atoms with Crippen LogP contribution in [0, 0.1) is 5.92 Å². The first-order chi connectivity index (χ1) is 8.16. The average Bonchev–Trinajstić information content (AvgIpc) is 2.87. The van der Waals surface area contributed by atoms with Crippen molar-refractivity contribution in [2.75, 3.05) is 6.54 Å². The van der Waals surface area contributed by atoms with E-state index in [9.17, 15) is 5.11 Å². The van der Waals surface area contributed by atoms with Crippen molar-refractivity contribution in [2.24, 2.45) is 5.92 Å². The van der Waals surface area contributed by atoms with Crippen molar-refractivity contribution < 1.29 is 5.11 Å². The van der Waals surface area contributed by atoms with E-state index < -0.39 is 0 Å². The number of imidazole rings is 1. The lowest BCUT2D eigenvalue weighted by Gasteiger charge is -2.14. The first kappa shape index (κ1) is 12.6. The van der Waals surface area contributed by atoms with Gasteiger partial charge in [-0.25, -0.2) is 4.98 Å². The number of aliphatic hydroxyl groups is 1.